The summed E-state index contributed by atoms with van der Waals surface area (Å²) in [4.78, 5) is 36.0. The number of rotatable bonds is 18. The largest absolute Gasteiger partial charge is 0.465 e. The lowest BCUT2D eigenvalue weighted by Gasteiger charge is -2.34. The topological polar surface area (TPSA) is 168 Å². The van der Waals surface area contributed by atoms with Gasteiger partial charge in [0.25, 0.3) is 10.2 Å². The van der Waals surface area contributed by atoms with E-state index in [0.29, 0.717) is 25.2 Å². The number of primary amides is 1. The second-order valence-corrected chi connectivity index (χ2v) is 13.0. The Bertz CT molecular complexity index is 858. The molecule has 2 amide bonds. The SMILES string of the molecule is CCOC(=O)C(C)(C)NS(=O)(=O)N(CCC(C)C)C[C@@H](O)[C@H](CC1CCCCC1)NC(=O)CCCC(N)=O. The lowest BCUT2D eigenvalue weighted by molar-refractivity contribution is -0.149. The fourth-order valence-electron chi connectivity index (χ4n) is 4.58. The van der Waals surface area contributed by atoms with Crippen LogP contribution in [0.4, 0.5) is 0 Å². The summed E-state index contributed by atoms with van der Waals surface area (Å²) in [5, 5.41) is 14.2. The summed E-state index contributed by atoms with van der Waals surface area (Å²) in [5.41, 5.74) is 3.66. The van der Waals surface area contributed by atoms with Crippen molar-refractivity contribution in [3.05, 3.63) is 0 Å². The molecule has 12 heteroatoms. The van der Waals surface area contributed by atoms with E-state index in [1.54, 1.807) is 6.92 Å². The molecule has 0 bridgehead atoms. The van der Waals surface area contributed by atoms with Crippen molar-refractivity contribution in [2.24, 2.45) is 17.6 Å². The molecule has 1 rings (SSSR count). The van der Waals surface area contributed by atoms with Crippen LogP contribution >= 0.6 is 0 Å². The normalized spacial score (nSPS) is 16.8. The van der Waals surface area contributed by atoms with Crippen LogP contribution in [0.25, 0.3) is 0 Å². The highest BCUT2D eigenvalue weighted by molar-refractivity contribution is 7.87. The number of carbonyl (C=O) groups is 3. The van der Waals surface area contributed by atoms with Gasteiger partial charge in [0.1, 0.15) is 5.54 Å². The Labute approximate surface area is 228 Å². The first kappa shape index (κ1) is 34.3. The van der Waals surface area contributed by atoms with Crippen molar-refractivity contribution in [3.8, 4) is 0 Å². The van der Waals surface area contributed by atoms with Crippen LogP contribution in [0.3, 0.4) is 0 Å². The highest BCUT2D eigenvalue weighted by atomic mass is 32.2. The van der Waals surface area contributed by atoms with Gasteiger partial charge in [-0.25, -0.2) is 0 Å². The van der Waals surface area contributed by atoms with Gasteiger partial charge in [-0.2, -0.15) is 17.4 Å². The number of ether oxygens (including phenoxy) is 1. The number of amides is 2. The van der Waals surface area contributed by atoms with Gasteiger partial charge in [0.2, 0.25) is 11.8 Å². The molecule has 0 aromatic rings. The minimum absolute atomic E-state index is 0.0848. The van der Waals surface area contributed by atoms with E-state index in [-0.39, 0.29) is 44.4 Å². The molecule has 1 saturated carbocycles. The summed E-state index contributed by atoms with van der Waals surface area (Å²) < 4.78 is 35.4. The lowest BCUT2D eigenvalue weighted by Crippen LogP contribution is -2.57. The molecule has 1 aliphatic carbocycles. The molecule has 1 fully saturated rings. The van der Waals surface area contributed by atoms with Gasteiger partial charge in [0.05, 0.1) is 18.8 Å². The molecule has 2 atom stereocenters. The van der Waals surface area contributed by atoms with Crippen LogP contribution in [0.1, 0.15) is 98.8 Å². The number of hydrogen-bond donors (Lipinski definition) is 4. The molecular weight excluding hydrogens is 512 g/mol. The highest BCUT2D eigenvalue weighted by Gasteiger charge is 2.38. The number of carbonyl (C=O) groups excluding carboxylic acids is 3. The first-order valence-electron chi connectivity index (χ1n) is 13.9. The van der Waals surface area contributed by atoms with Crippen LogP contribution in [-0.4, -0.2) is 73.0 Å². The number of aliphatic hydroxyl groups excluding tert-OH is 1. The molecule has 11 nitrogen and oxygen atoms in total. The maximum Gasteiger partial charge on any atom is 0.326 e. The summed E-state index contributed by atoms with van der Waals surface area (Å²) in [5.74, 6) is -0.988. The molecule has 0 saturated heterocycles. The Kier molecular flexibility index (Phi) is 14.8. The van der Waals surface area contributed by atoms with Crippen LogP contribution < -0.4 is 15.8 Å². The van der Waals surface area contributed by atoms with E-state index < -0.39 is 39.8 Å². The third-order valence-electron chi connectivity index (χ3n) is 6.81. The summed E-state index contributed by atoms with van der Waals surface area (Å²) >= 11 is 0. The third kappa shape index (κ3) is 12.9. The van der Waals surface area contributed by atoms with E-state index in [2.05, 4.69) is 10.0 Å². The number of nitrogens with zero attached hydrogens (tertiary/aromatic N) is 1. The summed E-state index contributed by atoms with van der Waals surface area (Å²) in [6.07, 6.45) is 5.69. The predicted molar refractivity (Wildman–Crippen MR) is 146 cm³/mol. The number of esters is 1. The van der Waals surface area contributed by atoms with Gasteiger partial charge < -0.3 is 20.9 Å². The average Bonchev–Trinajstić information content (AvgIpc) is 2.80. The molecule has 5 N–H and O–H groups in total. The van der Waals surface area contributed by atoms with Crippen LogP contribution in [0.5, 0.6) is 0 Å². The Hall–Kier alpha value is -1.76. The second-order valence-electron chi connectivity index (χ2n) is 11.3. The maximum atomic E-state index is 13.4. The van der Waals surface area contributed by atoms with Gasteiger partial charge in [0.15, 0.2) is 0 Å². The molecular formula is C26H50N4O7S. The molecule has 1 aliphatic rings. The van der Waals surface area contributed by atoms with E-state index in [1.165, 1.54) is 13.8 Å². The van der Waals surface area contributed by atoms with Gasteiger partial charge >= 0.3 is 5.97 Å². The lowest BCUT2D eigenvalue weighted by atomic mass is 9.83. The van der Waals surface area contributed by atoms with E-state index in [0.717, 1.165) is 36.4 Å². The van der Waals surface area contributed by atoms with Crippen molar-refractivity contribution in [2.75, 3.05) is 19.7 Å². The number of aliphatic hydroxyl groups is 1. The third-order valence-corrected chi connectivity index (χ3v) is 8.59. The summed E-state index contributed by atoms with van der Waals surface area (Å²) in [6, 6.07) is -0.658. The van der Waals surface area contributed by atoms with Crippen molar-refractivity contribution in [1.82, 2.24) is 14.3 Å². The first-order valence-corrected chi connectivity index (χ1v) is 15.3. The zero-order chi connectivity index (χ0) is 28.9. The van der Waals surface area contributed by atoms with Crippen molar-refractivity contribution >= 4 is 28.0 Å². The monoisotopic (exact) mass is 562 g/mol. The summed E-state index contributed by atoms with van der Waals surface area (Å²) in [6.45, 7) is 8.43. The van der Waals surface area contributed by atoms with Gasteiger partial charge in [-0.15, -0.1) is 0 Å². The van der Waals surface area contributed by atoms with E-state index in [1.807, 2.05) is 13.8 Å². The molecule has 0 radical (unpaired) electrons. The molecule has 38 heavy (non-hydrogen) atoms. The van der Waals surface area contributed by atoms with Crippen LogP contribution in [0.2, 0.25) is 0 Å². The van der Waals surface area contributed by atoms with E-state index in [9.17, 15) is 27.9 Å². The first-order chi connectivity index (χ1) is 17.7. The van der Waals surface area contributed by atoms with E-state index in [4.69, 9.17) is 10.5 Å². The molecule has 0 unspecified atom stereocenters. The van der Waals surface area contributed by atoms with Gasteiger partial charge in [-0.05, 0) is 51.9 Å². The quantitative estimate of drug-likeness (QED) is 0.185. The molecule has 0 spiro atoms. The molecule has 0 aromatic heterocycles. The Morgan fingerprint density at radius 2 is 1.76 bits per heavy atom. The number of nitrogens with one attached hydrogen (secondary N) is 2. The number of nitrogens with two attached hydrogens (primary N) is 1. The zero-order valence-corrected chi connectivity index (χ0v) is 24.6. The highest BCUT2D eigenvalue weighted by Crippen LogP contribution is 2.28. The molecule has 0 aliphatic heterocycles. The maximum absolute atomic E-state index is 13.4. The predicted octanol–water partition coefficient (Wildman–Crippen LogP) is 1.98. The van der Waals surface area contributed by atoms with Crippen molar-refractivity contribution < 1.29 is 32.6 Å². The minimum atomic E-state index is -4.19. The smallest absolute Gasteiger partial charge is 0.326 e. The Balaban J connectivity index is 3.09. The van der Waals surface area contributed by atoms with Gasteiger partial charge in [0, 0.05) is 25.9 Å². The van der Waals surface area contributed by atoms with E-state index >= 15 is 0 Å². The minimum Gasteiger partial charge on any atom is -0.465 e. The Morgan fingerprint density at radius 3 is 2.32 bits per heavy atom. The molecule has 0 aromatic carbocycles. The Morgan fingerprint density at radius 1 is 1.13 bits per heavy atom. The van der Waals surface area contributed by atoms with Crippen LogP contribution in [0, 0.1) is 11.8 Å². The number of hydrogen-bond acceptors (Lipinski definition) is 7. The van der Waals surface area contributed by atoms with Crippen molar-refractivity contribution in [1.29, 1.82) is 0 Å². The molecule has 0 heterocycles. The summed E-state index contributed by atoms with van der Waals surface area (Å²) in [7, 11) is -4.19. The molecule has 222 valence electrons. The van der Waals surface area contributed by atoms with Crippen LogP contribution in [-0.2, 0) is 29.3 Å². The van der Waals surface area contributed by atoms with Gasteiger partial charge in [-0.1, -0.05) is 46.0 Å². The van der Waals surface area contributed by atoms with Crippen LogP contribution in [0.15, 0.2) is 0 Å². The fourth-order valence-corrected chi connectivity index (χ4v) is 6.14. The van der Waals surface area contributed by atoms with Crippen molar-refractivity contribution in [2.45, 2.75) is 117 Å². The van der Waals surface area contributed by atoms with Crippen molar-refractivity contribution in [3.63, 3.8) is 0 Å². The fraction of sp³-hybridized carbons (Fsp3) is 0.885. The standard InChI is InChI=1S/C26H50N4O7S/c1-6-37-25(34)26(4,5)29-38(35,36)30(16-15-19(2)3)18-22(31)21(17-20-11-8-7-9-12-20)28-24(33)14-10-13-23(27)32/h19-22,29,31H,6-18H2,1-5H3,(H2,27,32)(H,28,33)/t21-,22+/m0/s1. The average molecular weight is 563 g/mol. The zero-order valence-electron chi connectivity index (χ0n) is 23.8. The second kappa shape index (κ2) is 16.4. The van der Waals surface area contributed by atoms with Gasteiger partial charge in [-0.3, -0.25) is 14.4 Å².